The Hall–Kier alpha value is -3.03. The lowest BCUT2D eigenvalue weighted by molar-refractivity contribution is 0.194. The number of ether oxygens (including phenoxy) is 1. The Kier molecular flexibility index (Phi) is 5.17. The first-order chi connectivity index (χ1) is 14.0. The van der Waals surface area contributed by atoms with Crippen LogP contribution >= 0.6 is 22.9 Å². The average molecular weight is 429 g/mol. The van der Waals surface area contributed by atoms with Gasteiger partial charge in [0.05, 0.1) is 17.6 Å². The normalized spacial score (nSPS) is 11.1. The first-order valence-corrected chi connectivity index (χ1v) is 10.1. The third-order valence-corrected chi connectivity index (χ3v) is 5.99. The van der Waals surface area contributed by atoms with E-state index >= 15 is 0 Å². The van der Waals surface area contributed by atoms with Crippen molar-refractivity contribution in [1.29, 1.82) is 0 Å². The number of nitrogens with one attached hydrogen (secondary N) is 2. The van der Waals surface area contributed by atoms with Crippen LogP contribution < -0.4 is 15.6 Å². The van der Waals surface area contributed by atoms with Gasteiger partial charge in [0, 0.05) is 28.9 Å². The van der Waals surface area contributed by atoms with E-state index in [9.17, 15) is 9.59 Å². The van der Waals surface area contributed by atoms with E-state index in [1.807, 2.05) is 35.7 Å². The Balaban J connectivity index is 1.89. The van der Waals surface area contributed by atoms with Crippen LogP contribution in [0.1, 0.15) is 5.56 Å². The molecule has 148 valence electrons. The number of rotatable bonds is 5. The van der Waals surface area contributed by atoms with E-state index in [0.717, 1.165) is 27.5 Å². The number of hydrogen-bond donors (Lipinski definition) is 3. The second kappa shape index (κ2) is 7.77. The Bertz CT molecular complexity index is 1280. The molecule has 8 heteroatoms. The van der Waals surface area contributed by atoms with Crippen molar-refractivity contribution in [2.24, 2.45) is 0 Å². The molecular formula is C21H17ClN2O4S. The zero-order valence-electron chi connectivity index (χ0n) is 15.4. The molecule has 4 aromatic rings. The summed E-state index contributed by atoms with van der Waals surface area (Å²) in [6.07, 6.45) is -0.444. The van der Waals surface area contributed by atoms with Crippen LogP contribution in [0.25, 0.3) is 32.1 Å². The van der Waals surface area contributed by atoms with Gasteiger partial charge in [-0.15, -0.1) is 11.3 Å². The largest absolute Gasteiger partial charge is 0.496 e. The lowest BCUT2D eigenvalue weighted by Gasteiger charge is -2.15. The van der Waals surface area contributed by atoms with Gasteiger partial charge in [-0.2, -0.15) is 0 Å². The first kappa shape index (κ1) is 19.3. The molecular weight excluding hydrogens is 412 g/mol. The number of methoxy groups -OCH3 is 1. The van der Waals surface area contributed by atoms with E-state index in [1.165, 1.54) is 11.3 Å². The van der Waals surface area contributed by atoms with Gasteiger partial charge in [-0.3, -0.25) is 4.79 Å². The maximum Gasteiger partial charge on any atom is 0.404 e. The smallest absolute Gasteiger partial charge is 0.404 e. The van der Waals surface area contributed by atoms with Gasteiger partial charge in [-0.25, -0.2) is 4.79 Å². The third kappa shape index (κ3) is 3.54. The number of H-pyrrole nitrogens is 1. The predicted molar refractivity (Wildman–Crippen MR) is 117 cm³/mol. The number of thiophene rings is 1. The summed E-state index contributed by atoms with van der Waals surface area (Å²) < 4.78 is 6.26. The molecule has 0 bridgehead atoms. The fraction of sp³-hybridized carbons (Fsp3) is 0.143. The monoisotopic (exact) mass is 428 g/mol. The summed E-state index contributed by atoms with van der Waals surface area (Å²) in [7, 11) is 1.59. The van der Waals surface area contributed by atoms with Crippen molar-refractivity contribution >= 4 is 50.0 Å². The number of pyridine rings is 1. The fourth-order valence-corrected chi connectivity index (χ4v) is 4.51. The van der Waals surface area contributed by atoms with Crippen LogP contribution in [-0.4, -0.2) is 29.8 Å². The number of benzene rings is 2. The second-order valence-electron chi connectivity index (χ2n) is 6.48. The van der Waals surface area contributed by atoms with Crippen LogP contribution in [0.4, 0.5) is 4.79 Å². The molecule has 0 aliphatic heterocycles. The molecule has 0 saturated carbocycles. The van der Waals surface area contributed by atoms with Gasteiger partial charge in [0.1, 0.15) is 10.4 Å². The molecule has 0 aliphatic rings. The van der Waals surface area contributed by atoms with E-state index in [0.29, 0.717) is 34.0 Å². The van der Waals surface area contributed by atoms with Crippen molar-refractivity contribution in [2.75, 3.05) is 13.7 Å². The first-order valence-electron chi connectivity index (χ1n) is 8.85. The molecule has 0 atom stereocenters. The predicted octanol–water partition coefficient (Wildman–Crippen LogP) is 4.88. The summed E-state index contributed by atoms with van der Waals surface area (Å²) in [5.74, 6) is 0.613. The topological polar surface area (TPSA) is 91.4 Å². The number of hydrogen-bond acceptors (Lipinski definition) is 4. The molecule has 0 aliphatic carbocycles. The Morgan fingerprint density at radius 3 is 2.72 bits per heavy atom. The summed E-state index contributed by atoms with van der Waals surface area (Å²) in [4.78, 5) is 25.9. The van der Waals surface area contributed by atoms with Gasteiger partial charge in [-0.1, -0.05) is 35.9 Å². The van der Waals surface area contributed by atoms with Crippen LogP contribution in [0.2, 0.25) is 5.02 Å². The van der Waals surface area contributed by atoms with Crippen molar-refractivity contribution < 1.29 is 14.6 Å². The van der Waals surface area contributed by atoms with Gasteiger partial charge in [0.25, 0.3) is 5.56 Å². The number of carbonyl (C=O) groups is 1. The molecule has 0 spiro atoms. The number of amides is 1. The molecule has 4 rings (SSSR count). The summed E-state index contributed by atoms with van der Waals surface area (Å²) >= 11 is 7.83. The Morgan fingerprint density at radius 1 is 1.28 bits per heavy atom. The Labute approximate surface area is 174 Å². The van der Waals surface area contributed by atoms with Crippen molar-refractivity contribution in [3.8, 4) is 16.9 Å². The highest BCUT2D eigenvalue weighted by Gasteiger charge is 2.19. The van der Waals surface area contributed by atoms with Crippen molar-refractivity contribution in [3.63, 3.8) is 0 Å². The van der Waals surface area contributed by atoms with Crippen LogP contribution in [-0.2, 0) is 6.42 Å². The second-order valence-corrected chi connectivity index (χ2v) is 7.81. The number of carboxylic acid groups (broad SMARTS) is 1. The van der Waals surface area contributed by atoms with Crippen molar-refractivity contribution in [1.82, 2.24) is 10.3 Å². The highest BCUT2D eigenvalue weighted by molar-refractivity contribution is 7.17. The average Bonchev–Trinajstić information content (AvgIpc) is 3.19. The molecule has 2 aromatic heterocycles. The zero-order chi connectivity index (χ0) is 20.5. The minimum atomic E-state index is -1.03. The maximum atomic E-state index is 12.4. The number of aromatic amines is 1. The lowest BCUT2D eigenvalue weighted by Crippen LogP contribution is -2.23. The molecule has 1 amide bonds. The minimum absolute atomic E-state index is 0.165. The van der Waals surface area contributed by atoms with Crippen LogP contribution in [0, 0.1) is 0 Å². The number of fused-ring (bicyclic) bond motifs is 3. The van der Waals surface area contributed by atoms with Crippen molar-refractivity contribution in [3.05, 3.63) is 62.7 Å². The summed E-state index contributed by atoms with van der Waals surface area (Å²) in [6, 6.07) is 11.5. The molecule has 2 heterocycles. The highest BCUT2D eigenvalue weighted by atomic mass is 35.5. The van der Waals surface area contributed by atoms with Crippen molar-refractivity contribution in [2.45, 2.75) is 6.42 Å². The van der Waals surface area contributed by atoms with Crippen LogP contribution in [0.15, 0.2) is 46.6 Å². The molecule has 0 unspecified atom stereocenters. The number of aromatic nitrogens is 1. The zero-order valence-corrected chi connectivity index (χ0v) is 17.0. The van der Waals surface area contributed by atoms with E-state index in [1.54, 1.807) is 13.2 Å². The SMILES string of the molecule is COc1cc(Cl)c2[nH]c(=O)c3sccc3c2c1-c1ccc(CCNC(=O)O)cc1. The molecule has 3 N–H and O–H groups in total. The Morgan fingerprint density at radius 2 is 2.03 bits per heavy atom. The van der Waals surface area contributed by atoms with Gasteiger partial charge >= 0.3 is 6.09 Å². The van der Waals surface area contributed by atoms with E-state index in [-0.39, 0.29) is 5.56 Å². The van der Waals surface area contributed by atoms with Gasteiger partial charge in [0.15, 0.2) is 0 Å². The molecule has 29 heavy (non-hydrogen) atoms. The minimum Gasteiger partial charge on any atom is -0.496 e. The standard InChI is InChI=1S/C21H17ClN2O4S/c1-28-15-10-14(22)18-17(13-7-9-29-19(13)20(25)24-18)16(15)12-4-2-11(3-5-12)6-8-23-21(26)27/h2-5,7,9-10,23H,6,8H2,1H3,(H,24,25)(H,26,27). The molecule has 0 fully saturated rings. The van der Waals surface area contributed by atoms with E-state index < -0.39 is 6.09 Å². The quantitative estimate of drug-likeness (QED) is 0.422. The molecule has 0 saturated heterocycles. The molecule has 2 aromatic carbocycles. The van der Waals surface area contributed by atoms with Gasteiger partial charge < -0.3 is 20.1 Å². The summed E-state index contributed by atoms with van der Waals surface area (Å²) in [5, 5.41) is 15.0. The van der Waals surface area contributed by atoms with E-state index in [2.05, 4.69) is 10.3 Å². The van der Waals surface area contributed by atoms with Gasteiger partial charge in [-0.05, 0) is 29.0 Å². The third-order valence-electron chi connectivity index (χ3n) is 4.77. The molecule has 6 nitrogen and oxygen atoms in total. The van der Waals surface area contributed by atoms with Crippen LogP contribution in [0.5, 0.6) is 5.75 Å². The maximum absolute atomic E-state index is 12.4. The summed E-state index contributed by atoms with van der Waals surface area (Å²) in [6.45, 7) is 0.346. The molecule has 0 radical (unpaired) electrons. The van der Waals surface area contributed by atoms with Crippen LogP contribution in [0.3, 0.4) is 0 Å². The van der Waals surface area contributed by atoms with Gasteiger partial charge in [0.2, 0.25) is 0 Å². The number of halogens is 1. The fourth-order valence-electron chi connectivity index (χ4n) is 3.47. The highest BCUT2D eigenvalue weighted by Crippen LogP contribution is 2.43. The van der Waals surface area contributed by atoms with E-state index in [4.69, 9.17) is 21.4 Å². The lowest BCUT2D eigenvalue weighted by atomic mass is 9.96. The summed E-state index contributed by atoms with van der Waals surface area (Å²) in [5.41, 5.74) is 3.18.